The van der Waals surface area contributed by atoms with Gasteiger partial charge in [-0.3, -0.25) is 0 Å². The van der Waals surface area contributed by atoms with E-state index in [1.807, 2.05) is 11.3 Å². The highest BCUT2D eigenvalue weighted by molar-refractivity contribution is 7.26. The molecule has 0 amide bonds. The zero-order chi connectivity index (χ0) is 39.2. The molecule has 0 saturated heterocycles. The zero-order valence-electron chi connectivity index (χ0n) is 33.7. The van der Waals surface area contributed by atoms with Gasteiger partial charge in [0.15, 0.2) is 0 Å². The number of thiophene rings is 1. The highest BCUT2D eigenvalue weighted by Gasteiger charge is 2.25. The van der Waals surface area contributed by atoms with Gasteiger partial charge in [0.25, 0.3) is 0 Å². The van der Waals surface area contributed by atoms with E-state index in [0.717, 1.165) is 11.4 Å². The van der Waals surface area contributed by atoms with Gasteiger partial charge in [-0.25, -0.2) is 0 Å². The molecular formula is C56H49NS. The first-order valence-electron chi connectivity index (χ1n) is 21.0. The van der Waals surface area contributed by atoms with Gasteiger partial charge in [0.2, 0.25) is 0 Å². The number of fused-ring (bicyclic) bond motifs is 4. The maximum atomic E-state index is 2.53. The molecule has 8 aromatic carbocycles. The van der Waals surface area contributed by atoms with Crippen molar-refractivity contribution in [2.24, 2.45) is 0 Å². The number of hydrogen-bond donors (Lipinski definition) is 0. The van der Waals surface area contributed by atoms with Crippen LogP contribution in [0.3, 0.4) is 0 Å². The van der Waals surface area contributed by atoms with Gasteiger partial charge in [-0.15, -0.1) is 11.3 Å². The molecule has 1 aliphatic rings. The molecule has 2 heteroatoms. The van der Waals surface area contributed by atoms with Gasteiger partial charge >= 0.3 is 0 Å². The van der Waals surface area contributed by atoms with Crippen LogP contribution in [0.25, 0.3) is 64.3 Å². The van der Waals surface area contributed by atoms with Crippen LogP contribution < -0.4 is 4.90 Å². The number of nitrogens with zero attached hydrogens (tertiary/aromatic N) is 1. The third-order valence-electron chi connectivity index (χ3n) is 12.4. The Hall–Kier alpha value is -5.96. The van der Waals surface area contributed by atoms with E-state index in [0.29, 0.717) is 5.92 Å². The van der Waals surface area contributed by atoms with Crippen LogP contribution in [0.2, 0.25) is 0 Å². The van der Waals surface area contributed by atoms with E-state index >= 15 is 0 Å². The maximum Gasteiger partial charge on any atom is 0.0540 e. The first kappa shape index (κ1) is 36.4. The fraction of sp³-hybridized carbons (Fsp3) is 0.179. The smallest absolute Gasteiger partial charge is 0.0540 e. The molecule has 0 aliphatic heterocycles. The summed E-state index contributed by atoms with van der Waals surface area (Å²) in [6, 6.07) is 66.0. The Balaban J connectivity index is 1.21. The third kappa shape index (κ3) is 6.60. The predicted molar refractivity (Wildman–Crippen MR) is 252 cm³/mol. The van der Waals surface area contributed by atoms with Crippen molar-refractivity contribution in [1.82, 2.24) is 0 Å². The second kappa shape index (κ2) is 15.1. The average Bonchev–Trinajstić information content (AvgIpc) is 3.66. The second-order valence-corrected chi connectivity index (χ2v) is 18.2. The van der Waals surface area contributed by atoms with Crippen molar-refractivity contribution in [3.63, 3.8) is 0 Å². The fourth-order valence-corrected chi connectivity index (χ4v) is 10.7. The largest absolute Gasteiger partial charge is 0.309 e. The molecule has 1 aliphatic carbocycles. The standard InChI is InChI=1S/C56H49NS/c1-56(2,3)42-35-33-39(34-36-42)44-23-7-10-30-51(44)57(43-22-13-21-41(37-43)46-27-16-29-50-48-25-9-12-32-53(48)58-55(46)50)52-31-11-8-24-47(52)49-28-15-20-40-19-14-26-45(54(40)49)38-17-5-4-6-18-38/h7-16,19-38H,4-6,17-18H2,1-3H3. The summed E-state index contributed by atoms with van der Waals surface area (Å²) in [6.07, 6.45) is 6.50. The molecule has 284 valence electrons. The van der Waals surface area contributed by atoms with Gasteiger partial charge in [-0.1, -0.05) is 186 Å². The molecule has 10 rings (SSSR count). The minimum Gasteiger partial charge on any atom is -0.309 e. The molecule has 0 atom stereocenters. The van der Waals surface area contributed by atoms with Crippen molar-refractivity contribution in [2.75, 3.05) is 4.90 Å². The molecular weight excluding hydrogens is 719 g/mol. The summed E-state index contributed by atoms with van der Waals surface area (Å²) in [5, 5.41) is 5.37. The minimum absolute atomic E-state index is 0.0790. The van der Waals surface area contributed by atoms with E-state index in [9.17, 15) is 0 Å². The van der Waals surface area contributed by atoms with Gasteiger partial charge in [-0.2, -0.15) is 0 Å². The Morgan fingerprint density at radius 2 is 1.12 bits per heavy atom. The van der Waals surface area contributed by atoms with Crippen LogP contribution in [0.5, 0.6) is 0 Å². The lowest BCUT2D eigenvalue weighted by Crippen LogP contribution is -2.13. The van der Waals surface area contributed by atoms with E-state index in [1.54, 1.807) is 0 Å². The van der Waals surface area contributed by atoms with Crippen LogP contribution in [0.1, 0.15) is 69.9 Å². The summed E-state index contributed by atoms with van der Waals surface area (Å²) < 4.78 is 2.66. The lowest BCUT2D eigenvalue weighted by molar-refractivity contribution is 0.445. The van der Waals surface area contributed by atoms with Crippen LogP contribution in [0, 0.1) is 0 Å². The SMILES string of the molecule is CC(C)(C)c1ccc(-c2ccccc2N(c2cccc(-c3cccc4c3sc3ccccc34)c2)c2ccccc2-c2cccc3cccc(C4CCCCC4)c23)cc1. The third-order valence-corrected chi connectivity index (χ3v) is 13.7. The molecule has 1 heterocycles. The summed E-state index contributed by atoms with van der Waals surface area (Å²) in [7, 11) is 0. The maximum absolute atomic E-state index is 2.53. The van der Waals surface area contributed by atoms with Crippen LogP contribution in [-0.2, 0) is 5.41 Å². The van der Waals surface area contributed by atoms with Crippen molar-refractivity contribution in [1.29, 1.82) is 0 Å². The lowest BCUT2D eigenvalue weighted by atomic mass is 9.80. The number of rotatable bonds is 7. The molecule has 0 bridgehead atoms. The minimum atomic E-state index is 0.0790. The first-order chi connectivity index (χ1) is 28.4. The lowest BCUT2D eigenvalue weighted by Gasteiger charge is -2.31. The molecule has 0 spiro atoms. The van der Waals surface area contributed by atoms with Gasteiger partial charge in [0.1, 0.15) is 0 Å². The molecule has 1 nitrogen and oxygen atoms in total. The monoisotopic (exact) mass is 767 g/mol. The Bertz CT molecular complexity index is 2910. The number of benzene rings is 8. The van der Waals surface area contributed by atoms with Crippen molar-refractivity contribution in [2.45, 2.75) is 64.2 Å². The number of hydrogen-bond acceptors (Lipinski definition) is 2. The van der Waals surface area contributed by atoms with Crippen LogP contribution in [0.15, 0.2) is 176 Å². The van der Waals surface area contributed by atoms with E-state index in [1.165, 1.54) is 113 Å². The molecule has 1 aromatic heterocycles. The summed E-state index contributed by atoms with van der Waals surface area (Å²) in [4.78, 5) is 2.53. The number of para-hydroxylation sites is 2. The highest BCUT2D eigenvalue weighted by atomic mass is 32.1. The van der Waals surface area contributed by atoms with Gasteiger partial charge in [0, 0.05) is 37.0 Å². The Kier molecular flexibility index (Phi) is 9.46. The summed E-state index contributed by atoms with van der Waals surface area (Å²) in [5.74, 6) is 0.590. The van der Waals surface area contributed by atoms with E-state index in [-0.39, 0.29) is 5.41 Å². The first-order valence-corrected chi connectivity index (χ1v) is 21.9. The number of anilines is 3. The fourth-order valence-electron chi connectivity index (χ4n) is 9.50. The molecule has 0 N–H and O–H groups in total. The average molecular weight is 768 g/mol. The van der Waals surface area contributed by atoms with Crippen molar-refractivity contribution < 1.29 is 0 Å². The highest BCUT2D eigenvalue weighted by Crippen LogP contribution is 2.49. The van der Waals surface area contributed by atoms with E-state index in [2.05, 4.69) is 202 Å². The van der Waals surface area contributed by atoms with Crippen LogP contribution in [0.4, 0.5) is 17.1 Å². The molecule has 9 aromatic rings. The summed E-state index contributed by atoms with van der Waals surface area (Å²) in [5.41, 5.74) is 13.8. The normalized spacial score (nSPS) is 13.7. The van der Waals surface area contributed by atoms with Crippen LogP contribution in [-0.4, -0.2) is 0 Å². The van der Waals surface area contributed by atoms with Gasteiger partial charge in [0.05, 0.1) is 11.4 Å². The Morgan fingerprint density at radius 3 is 1.91 bits per heavy atom. The molecule has 1 saturated carbocycles. The van der Waals surface area contributed by atoms with Crippen molar-refractivity contribution in [3.05, 3.63) is 187 Å². The summed E-state index contributed by atoms with van der Waals surface area (Å²) >= 11 is 1.89. The molecule has 58 heavy (non-hydrogen) atoms. The topological polar surface area (TPSA) is 3.24 Å². The molecule has 0 unspecified atom stereocenters. The Morgan fingerprint density at radius 1 is 0.500 bits per heavy atom. The van der Waals surface area contributed by atoms with E-state index < -0.39 is 0 Å². The van der Waals surface area contributed by atoms with Crippen molar-refractivity contribution >= 4 is 59.3 Å². The van der Waals surface area contributed by atoms with E-state index in [4.69, 9.17) is 0 Å². The Labute approximate surface area is 347 Å². The summed E-state index contributed by atoms with van der Waals surface area (Å²) in [6.45, 7) is 6.86. The van der Waals surface area contributed by atoms with Gasteiger partial charge < -0.3 is 4.90 Å². The second-order valence-electron chi connectivity index (χ2n) is 17.1. The quantitative estimate of drug-likeness (QED) is 0.156. The van der Waals surface area contributed by atoms with Crippen LogP contribution >= 0.6 is 11.3 Å². The zero-order valence-corrected chi connectivity index (χ0v) is 34.5. The predicted octanol–water partition coefficient (Wildman–Crippen LogP) is 17.0. The van der Waals surface area contributed by atoms with Crippen molar-refractivity contribution in [3.8, 4) is 33.4 Å². The molecule has 0 radical (unpaired) electrons. The molecule has 1 fully saturated rings. The van der Waals surface area contributed by atoms with Gasteiger partial charge in [-0.05, 0) is 98.7 Å².